The maximum absolute atomic E-state index is 4.37. The molecule has 4 nitrogen and oxygen atoms in total. The molecule has 0 aliphatic heterocycles. The Labute approximate surface area is 79.5 Å². The summed E-state index contributed by atoms with van der Waals surface area (Å²) >= 11 is 0. The summed E-state index contributed by atoms with van der Waals surface area (Å²) in [7, 11) is 5.93. The van der Waals surface area contributed by atoms with Crippen LogP contribution in [0.2, 0.25) is 0 Å². The lowest BCUT2D eigenvalue weighted by Gasteiger charge is -2.10. The van der Waals surface area contributed by atoms with Crippen molar-refractivity contribution >= 4 is 0 Å². The van der Waals surface area contributed by atoms with E-state index in [9.17, 15) is 0 Å². The van der Waals surface area contributed by atoms with Crippen LogP contribution in [0.3, 0.4) is 0 Å². The van der Waals surface area contributed by atoms with Crippen LogP contribution in [0, 0.1) is 0 Å². The Morgan fingerprint density at radius 3 is 2.77 bits per heavy atom. The molecule has 0 aliphatic carbocycles. The highest BCUT2D eigenvalue weighted by atomic mass is 15.5. The first kappa shape index (κ1) is 10.2. The molecule has 0 spiro atoms. The second kappa shape index (κ2) is 4.39. The third-order valence-electron chi connectivity index (χ3n) is 1.91. The molecular formula is C9H18N4. The Kier molecular flexibility index (Phi) is 3.45. The first-order chi connectivity index (χ1) is 6.13. The predicted molar refractivity (Wildman–Crippen MR) is 53.1 cm³/mol. The highest BCUT2D eigenvalue weighted by Gasteiger charge is 2.04. The molecule has 1 aromatic heterocycles. The Hall–Kier alpha value is -0.870. The van der Waals surface area contributed by atoms with Crippen molar-refractivity contribution in [3.63, 3.8) is 0 Å². The van der Waals surface area contributed by atoms with Crippen molar-refractivity contribution in [2.24, 2.45) is 7.05 Å². The summed E-state index contributed by atoms with van der Waals surface area (Å²) < 4.78 is 1.87. The molecule has 0 amide bonds. The topological polar surface area (TPSA) is 33.1 Å². The Morgan fingerprint density at radius 2 is 2.23 bits per heavy atom. The summed E-state index contributed by atoms with van der Waals surface area (Å²) in [5, 5.41) is 6.32. The van der Waals surface area contributed by atoms with E-state index in [1.165, 1.54) is 11.3 Å². The second-order valence-corrected chi connectivity index (χ2v) is 3.36. The average molecular weight is 182 g/mol. The molecule has 0 saturated carbocycles. The van der Waals surface area contributed by atoms with E-state index in [0.29, 0.717) is 0 Å². The van der Waals surface area contributed by atoms with E-state index in [-0.39, 0.29) is 0 Å². The first-order valence-electron chi connectivity index (χ1n) is 4.55. The van der Waals surface area contributed by atoms with Gasteiger partial charge in [0.05, 0.1) is 5.69 Å². The highest BCUT2D eigenvalue weighted by Crippen LogP contribution is 2.06. The van der Waals surface area contributed by atoms with Gasteiger partial charge in [-0.1, -0.05) is 6.92 Å². The van der Waals surface area contributed by atoms with Gasteiger partial charge in [-0.15, -0.1) is 0 Å². The molecule has 1 aromatic rings. The Balaban J connectivity index is 2.64. The van der Waals surface area contributed by atoms with Crippen LogP contribution >= 0.6 is 0 Å². The molecule has 0 radical (unpaired) electrons. The fourth-order valence-corrected chi connectivity index (χ4v) is 1.27. The van der Waals surface area contributed by atoms with Crippen molar-refractivity contribution < 1.29 is 0 Å². The van der Waals surface area contributed by atoms with Gasteiger partial charge in [-0.3, -0.25) is 15.1 Å². The summed E-state index contributed by atoms with van der Waals surface area (Å²) in [6, 6.07) is 0. The number of rotatable bonds is 4. The molecule has 1 N–H and O–H groups in total. The number of hydrogen-bond acceptors (Lipinski definition) is 3. The molecule has 0 aromatic carbocycles. The number of hydrazine groups is 1. The molecule has 0 atom stereocenters. The molecule has 1 rings (SSSR count). The van der Waals surface area contributed by atoms with Crippen molar-refractivity contribution in [1.82, 2.24) is 20.2 Å². The number of nitrogens with one attached hydrogen (secondary N) is 1. The molecule has 74 valence electrons. The fraction of sp³-hybridized carbons (Fsp3) is 0.667. The zero-order chi connectivity index (χ0) is 9.84. The van der Waals surface area contributed by atoms with Crippen molar-refractivity contribution in [2.45, 2.75) is 19.9 Å². The first-order valence-corrected chi connectivity index (χ1v) is 4.55. The average Bonchev–Trinajstić information content (AvgIpc) is 2.42. The van der Waals surface area contributed by atoms with Crippen molar-refractivity contribution in [3.8, 4) is 0 Å². The van der Waals surface area contributed by atoms with E-state index in [1.54, 1.807) is 0 Å². The summed E-state index contributed by atoms with van der Waals surface area (Å²) in [6.45, 7) is 2.98. The van der Waals surface area contributed by atoms with E-state index in [2.05, 4.69) is 23.6 Å². The number of aryl methyl sites for hydroxylation is 2. The summed E-state index contributed by atoms with van der Waals surface area (Å²) in [5.41, 5.74) is 5.68. The van der Waals surface area contributed by atoms with Crippen LogP contribution in [0.1, 0.15) is 18.2 Å². The lowest BCUT2D eigenvalue weighted by atomic mass is 10.2. The van der Waals surface area contributed by atoms with Gasteiger partial charge in [-0.05, 0) is 6.42 Å². The van der Waals surface area contributed by atoms with Gasteiger partial charge in [-0.2, -0.15) is 5.10 Å². The van der Waals surface area contributed by atoms with Gasteiger partial charge in [0.15, 0.2) is 0 Å². The molecule has 13 heavy (non-hydrogen) atoms. The van der Waals surface area contributed by atoms with Crippen LogP contribution in [0.5, 0.6) is 0 Å². The van der Waals surface area contributed by atoms with Crippen LogP contribution in [-0.4, -0.2) is 28.9 Å². The molecule has 0 bridgehead atoms. The minimum Gasteiger partial charge on any atom is -0.275 e. The van der Waals surface area contributed by atoms with Gasteiger partial charge in [0, 0.05) is 39.4 Å². The largest absolute Gasteiger partial charge is 0.275 e. The minimum absolute atomic E-state index is 0.851. The highest BCUT2D eigenvalue weighted by molar-refractivity contribution is 5.16. The van der Waals surface area contributed by atoms with Crippen LogP contribution < -0.4 is 5.43 Å². The second-order valence-electron chi connectivity index (χ2n) is 3.36. The maximum atomic E-state index is 4.37. The van der Waals surface area contributed by atoms with Gasteiger partial charge in [0.1, 0.15) is 0 Å². The standard InChI is InChI=1S/C9H18N4/c1-5-9-8(6-10-12(2)3)7-13(4)11-9/h7,10H,5-6H2,1-4H3. The molecule has 0 aliphatic rings. The molecule has 4 heteroatoms. The van der Waals surface area contributed by atoms with Gasteiger partial charge in [0.25, 0.3) is 0 Å². The van der Waals surface area contributed by atoms with E-state index >= 15 is 0 Å². The SMILES string of the molecule is CCc1nn(C)cc1CNN(C)C. The summed E-state index contributed by atoms with van der Waals surface area (Å²) in [6.07, 6.45) is 3.06. The zero-order valence-electron chi connectivity index (χ0n) is 8.83. The minimum atomic E-state index is 0.851. The van der Waals surface area contributed by atoms with Gasteiger partial charge in [-0.25, -0.2) is 0 Å². The molecule has 0 unspecified atom stereocenters. The van der Waals surface area contributed by atoms with Crippen LogP contribution in [-0.2, 0) is 20.0 Å². The van der Waals surface area contributed by atoms with Crippen molar-refractivity contribution in [2.75, 3.05) is 14.1 Å². The van der Waals surface area contributed by atoms with E-state index < -0.39 is 0 Å². The lowest BCUT2D eigenvalue weighted by Crippen LogP contribution is -2.29. The molecular weight excluding hydrogens is 164 g/mol. The molecule has 1 heterocycles. The Bertz CT molecular complexity index is 265. The monoisotopic (exact) mass is 182 g/mol. The van der Waals surface area contributed by atoms with Crippen molar-refractivity contribution in [3.05, 3.63) is 17.5 Å². The lowest BCUT2D eigenvalue weighted by molar-refractivity contribution is 0.285. The van der Waals surface area contributed by atoms with E-state index in [1.807, 2.05) is 30.8 Å². The number of aromatic nitrogens is 2. The third kappa shape index (κ3) is 2.82. The molecule has 0 saturated heterocycles. The van der Waals surface area contributed by atoms with E-state index in [4.69, 9.17) is 0 Å². The van der Waals surface area contributed by atoms with Crippen LogP contribution in [0.15, 0.2) is 6.20 Å². The number of hydrogen-bond donors (Lipinski definition) is 1. The van der Waals surface area contributed by atoms with Gasteiger partial charge in [0.2, 0.25) is 0 Å². The van der Waals surface area contributed by atoms with Crippen LogP contribution in [0.25, 0.3) is 0 Å². The quantitative estimate of drug-likeness (QED) is 0.690. The van der Waals surface area contributed by atoms with E-state index in [0.717, 1.165) is 13.0 Å². The predicted octanol–water partition coefficient (Wildman–Crippen LogP) is 0.549. The normalized spacial score (nSPS) is 11.2. The third-order valence-corrected chi connectivity index (χ3v) is 1.91. The number of nitrogens with zero attached hydrogens (tertiary/aromatic N) is 3. The van der Waals surface area contributed by atoms with Gasteiger partial charge >= 0.3 is 0 Å². The maximum Gasteiger partial charge on any atom is 0.0667 e. The van der Waals surface area contributed by atoms with Crippen molar-refractivity contribution in [1.29, 1.82) is 0 Å². The van der Waals surface area contributed by atoms with Crippen LogP contribution in [0.4, 0.5) is 0 Å². The Morgan fingerprint density at radius 1 is 1.54 bits per heavy atom. The summed E-state index contributed by atoms with van der Waals surface area (Å²) in [5.74, 6) is 0. The smallest absolute Gasteiger partial charge is 0.0667 e. The molecule has 0 fully saturated rings. The fourth-order valence-electron chi connectivity index (χ4n) is 1.27. The zero-order valence-corrected chi connectivity index (χ0v) is 8.83. The van der Waals surface area contributed by atoms with Gasteiger partial charge < -0.3 is 0 Å². The summed E-state index contributed by atoms with van der Waals surface area (Å²) in [4.78, 5) is 0.